The average molecular weight is 330 g/mol. The summed E-state index contributed by atoms with van der Waals surface area (Å²) in [5.74, 6) is 0.839. The highest BCUT2D eigenvalue weighted by Gasteiger charge is 2.08. The Kier molecular flexibility index (Phi) is 5.14. The summed E-state index contributed by atoms with van der Waals surface area (Å²) in [4.78, 5) is 6.99. The maximum absolute atomic E-state index is 5.26. The first-order valence-corrected chi connectivity index (χ1v) is 8.23. The monoisotopic (exact) mass is 330 g/mol. The number of nitrogens with zero attached hydrogens (tertiary/aromatic N) is 2. The zero-order chi connectivity index (χ0) is 17.6. The fourth-order valence-electron chi connectivity index (χ4n) is 2.60. The molecule has 0 spiro atoms. The summed E-state index contributed by atoms with van der Waals surface area (Å²) in [6.07, 6.45) is 0. The first-order valence-electron chi connectivity index (χ1n) is 8.23. The van der Waals surface area contributed by atoms with Gasteiger partial charge in [0.05, 0.1) is 18.5 Å². The van der Waals surface area contributed by atoms with E-state index >= 15 is 0 Å². The third-order valence-electron chi connectivity index (χ3n) is 4.02. The second-order valence-electron chi connectivity index (χ2n) is 5.97. The maximum atomic E-state index is 5.26. The van der Waals surface area contributed by atoms with Gasteiger partial charge < -0.3 is 9.64 Å². The van der Waals surface area contributed by atoms with Gasteiger partial charge in [0, 0.05) is 30.9 Å². The standard InChI is InChI=1S/C22H22N2O/c1-24(2)20-13-11-19(12-14-20)23-22(17-7-5-4-6-8-17)18-9-15-21(25-3)16-10-18/h4-16H,1-3H3. The minimum Gasteiger partial charge on any atom is -0.497 e. The van der Waals surface area contributed by atoms with Crippen LogP contribution in [0.4, 0.5) is 11.4 Å². The fourth-order valence-corrected chi connectivity index (χ4v) is 2.60. The molecule has 3 aromatic carbocycles. The molecule has 0 aliphatic carbocycles. The van der Waals surface area contributed by atoms with Crippen molar-refractivity contribution in [3.63, 3.8) is 0 Å². The van der Waals surface area contributed by atoms with E-state index in [2.05, 4.69) is 29.2 Å². The lowest BCUT2D eigenvalue weighted by molar-refractivity contribution is 0.415. The molecule has 0 radical (unpaired) electrons. The van der Waals surface area contributed by atoms with Gasteiger partial charge in [0.15, 0.2) is 0 Å². The molecular weight excluding hydrogens is 308 g/mol. The van der Waals surface area contributed by atoms with E-state index in [0.29, 0.717) is 0 Å². The second kappa shape index (κ2) is 7.67. The minimum atomic E-state index is 0.839. The molecule has 0 amide bonds. The third-order valence-corrected chi connectivity index (χ3v) is 4.02. The van der Waals surface area contributed by atoms with Crippen LogP contribution in [0.25, 0.3) is 0 Å². The van der Waals surface area contributed by atoms with Gasteiger partial charge in [0.2, 0.25) is 0 Å². The quantitative estimate of drug-likeness (QED) is 0.620. The van der Waals surface area contributed by atoms with E-state index in [4.69, 9.17) is 9.73 Å². The SMILES string of the molecule is COc1ccc(C(=Nc2ccc(N(C)C)cc2)c2ccccc2)cc1. The van der Waals surface area contributed by atoms with Gasteiger partial charge in [-0.2, -0.15) is 0 Å². The predicted molar refractivity (Wildman–Crippen MR) is 106 cm³/mol. The summed E-state index contributed by atoms with van der Waals surface area (Å²) in [5.41, 5.74) is 5.18. The molecule has 3 aromatic rings. The number of hydrogen-bond acceptors (Lipinski definition) is 3. The number of ether oxygens (including phenoxy) is 1. The lowest BCUT2D eigenvalue weighted by Crippen LogP contribution is -2.07. The molecule has 0 aromatic heterocycles. The first kappa shape index (κ1) is 16.8. The Balaban J connectivity index is 2.04. The van der Waals surface area contributed by atoms with Crippen molar-refractivity contribution in [2.45, 2.75) is 0 Å². The molecular formula is C22H22N2O. The summed E-state index contributed by atoms with van der Waals surface area (Å²) in [6, 6.07) is 26.5. The zero-order valence-corrected chi connectivity index (χ0v) is 14.8. The van der Waals surface area contributed by atoms with Crippen LogP contribution in [-0.2, 0) is 0 Å². The molecule has 0 fully saturated rings. The highest BCUT2D eigenvalue weighted by molar-refractivity contribution is 6.14. The minimum absolute atomic E-state index is 0.839. The lowest BCUT2D eigenvalue weighted by Gasteiger charge is -2.12. The van der Waals surface area contributed by atoms with E-state index in [1.54, 1.807) is 7.11 Å². The molecule has 0 aliphatic heterocycles. The van der Waals surface area contributed by atoms with E-state index in [0.717, 1.165) is 34.0 Å². The number of aliphatic imine (C=N–C) groups is 1. The smallest absolute Gasteiger partial charge is 0.118 e. The summed E-state index contributed by atoms with van der Waals surface area (Å²) in [5, 5.41) is 0. The van der Waals surface area contributed by atoms with Crippen LogP contribution >= 0.6 is 0 Å². The van der Waals surface area contributed by atoms with Crippen LogP contribution in [0.5, 0.6) is 5.75 Å². The molecule has 0 unspecified atom stereocenters. The second-order valence-corrected chi connectivity index (χ2v) is 5.97. The van der Waals surface area contributed by atoms with Crippen molar-refractivity contribution in [2.24, 2.45) is 4.99 Å². The van der Waals surface area contributed by atoms with Crippen molar-refractivity contribution < 1.29 is 4.74 Å². The van der Waals surface area contributed by atoms with Crippen LogP contribution in [0.2, 0.25) is 0 Å². The topological polar surface area (TPSA) is 24.8 Å². The largest absolute Gasteiger partial charge is 0.497 e. The first-order chi connectivity index (χ1) is 12.2. The van der Waals surface area contributed by atoms with Crippen LogP contribution < -0.4 is 9.64 Å². The van der Waals surface area contributed by atoms with Gasteiger partial charge in [0.1, 0.15) is 5.75 Å². The van der Waals surface area contributed by atoms with Gasteiger partial charge in [-0.1, -0.05) is 30.3 Å². The van der Waals surface area contributed by atoms with Crippen molar-refractivity contribution in [1.82, 2.24) is 0 Å². The molecule has 0 saturated heterocycles. The van der Waals surface area contributed by atoms with Gasteiger partial charge in [-0.05, 0) is 48.5 Å². The van der Waals surface area contributed by atoms with Crippen molar-refractivity contribution in [3.05, 3.63) is 90.0 Å². The number of benzene rings is 3. The average Bonchev–Trinajstić information content (AvgIpc) is 2.67. The fraction of sp³-hybridized carbons (Fsp3) is 0.136. The number of methoxy groups -OCH3 is 1. The van der Waals surface area contributed by atoms with Crippen molar-refractivity contribution in [1.29, 1.82) is 0 Å². The van der Waals surface area contributed by atoms with Crippen molar-refractivity contribution >= 4 is 17.1 Å². The molecule has 126 valence electrons. The molecule has 3 heteroatoms. The Morgan fingerprint density at radius 1 is 0.760 bits per heavy atom. The lowest BCUT2D eigenvalue weighted by atomic mass is 10.0. The van der Waals surface area contributed by atoms with Crippen LogP contribution in [-0.4, -0.2) is 26.9 Å². The predicted octanol–water partition coefficient (Wildman–Crippen LogP) is 4.93. The Morgan fingerprint density at radius 2 is 1.36 bits per heavy atom. The Morgan fingerprint density at radius 3 is 1.92 bits per heavy atom. The Labute approximate surface area is 149 Å². The molecule has 0 N–H and O–H groups in total. The van der Waals surface area contributed by atoms with E-state index in [-0.39, 0.29) is 0 Å². The number of hydrogen-bond donors (Lipinski definition) is 0. The number of rotatable bonds is 5. The van der Waals surface area contributed by atoms with E-state index < -0.39 is 0 Å². The van der Waals surface area contributed by atoms with Crippen LogP contribution in [0, 0.1) is 0 Å². The van der Waals surface area contributed by atoms with Crippen molar-refractivity contribution in [2.75, 3.05) is 26.1 Å². The van der Waals surface area contributed by atoms with Crippen LogP contribution in [0.1, 0.15) is 11.1 Å². The number of anilines is 1. The molecule has 0 heterocycles. The van der Waals surface area contributed by atoms with E-state index in [9.17, 15) is 0 Å². The molecule has 25 heavy (non-hydrogen) atoms. The third kappa shape index (κ3) is 4.07. The molecule has 0 aliphatic rings. The van der Waals surface area contributed by atoms with Gasteiger partial charge in [-0.3, -0.25) is 0 Å². The van der Waals surface area contributed by atoms with Gasteiger partial charge >= 0.3 is 0 Å². The summed E-state index contributed by atoms with van der Waals surface area (Å²) in [6.45, 7) is 0. The summed E-state index contributed by atoms with van der Waals surface area (Å²) in [7, 11) is 5.74. The molecule has 0 saturated carbocycles. The van der Waals surface area contributed by atoms with Gasteiger partial charge in [-0.25, -0.2) is 4.99 Å². The molecule has 3 nitrogen and oxygen atoms in total. The summed E-state index contributed by atoms with van der Waals surface area (Å²) < 4.78 is 5.26. The van der Waals surface area contributed by atoms with E-state index in [1.807, 2.05) is 68.7 Å². The molecule has 0 atom stereocenters. The van der Waals surface area contributed by atoms with E-state index in [1.165, 1.54) is 0 Å². The van der Waals surface area contributed by atoms with Crippen LogP contribution in [0.3, 0.4) is 0 Å². The Bertz CT molecular complexity index is 835. The summed E-state index contributed by atoms with van der Waals surface area (Å²) >= 11 is 0. The van der Waals surface area contributed by atoms with Gasteiger partial charge in [0.25, 0.3) is 0 Å². The van der Waals surface area contributed by atoms with Gasteiger partial charge in [-0.15, -0.1) is 0 Å². The molecule has 0 bridgehead atoms. The van der Waals surface area contributed by atoms with Crippen LogP contribution in [0.15, 0.2) is 83.9 Å². The highest BCUT2D eigenvalue weighted by atomic mass is 16.5. The maximum Gasteiger partial charge on any atom is 0.118 e. The normalized spacial score (nSPS) is 11.2. The van der Waals surface area contributed by atoms with Crippen molar-refractivity contribution in [3.8, 4) is 5.75 Å². The molecule has 3 rings (SSSR count). The zero-order valence-electron chi connectivity index (χ0n) is 14.8. The highest BCUT2D eigenvalue weighted by Crippen LogP contribution is 2.22. The Hall–Kier alpha value is -3.07.